The first kappa shape index (κ1) is 46.5. The molecule has 0 saturated carbocycles. The highest BCUT2D eigenvalue weighted by molar-refractivity contribution is 7.20. The number of aromatic nitrogens is 4. The number of nitrogen functional groups attached to an aromatic ring is 2. The van der Waals surface area contributed by atoms with E-state index in [9.17, 15) is 9.59 Å². The molecule has 8 N–H and O–H groups in total. The summed E-state index contributed by atoms with van der Waals surface area (Å²) in [5.74, 6) is 0.780. The van der Waals surface area contributed by atoms with Crippen LogP contribution in [0.2, 0.25) is 0 Å². The van der Waals surface area contributed by atoms with E-state index in [1.807, 2.05) is 36.1 Å². The Bertz CT molecular complexity index is 2570. The fraction of sp³-hybridized carbons (Fsp3) is 0.348. The predicted molar refractivity (Wildman–Crippen MR) is 256 cm³/mol. The van der Waals surface area contributed by atoms with E-state index in [1.54, 1.807) is 42.4 Å². The average molecular weight is 893 g/mol. The lowest BCUT2D eigenvalue weighted by molar-refractivity contribution is -0.141. The fourth-order valence-electron chi connectivity index (χ4n) is 7.32. The number of amides is 1. The number of hydrogen-bond acceptors (Lipinski definition) is 15. The first-order valence-electron chi connectivity index (χ1n) is 20.6. The summed E-state index contributed by atoms with van der Waals surface area (Å²) in [6.45, 7) is 11.5. The van der Waals surface area contributed by atoms with Crippen LogP contribution in [-0.4, -0.2) is 95.4 Å². The highest BCUT2D eigenvalue weighted by Crippen LogP contribution is 2.37. The first-order valence-corrected chi connectivity index (χ1v) is 22.3. The molecule has 2 aromatic carbocycles. The molecule has 6 aromatic rings. The van der Waals surface area contributed by atoms with Gasteiger partial charge in [0.05, 0.1) is 22.9 Å². The van der Waals surface area contributed by atoms with Crippen molar-refractivity contribution in [3.8, 4) is 0 Å². The van der Waals surface area contributed by atoms with Crippen LogP contribution in [0.15, 0.2) is 73.3 Å². The number of methoxy groups -OCH3 is 2. The van der Waals surface area contributed by atoms with E-state index in [2.05, 4.69) is 97.8 Å². The van der Waals surface area contributed by atoms with Crippen molar-refractivity contribution in [2.24, 2.45) is 0 Å². The van der Waals surface area contributed by atoms with Crippen molar-refractivity contribution in [3.05, 3.63) is 105 Å². The molecule has 63 heavy (non-hydrogen) atoms. The second-order valence-corrected chi connectivity index (χ2v) is 17.5. The van der Waals surface area contributed by atoms with Crippen LogP contribution in [0.4, 0.5) is 23.0 Å². The van der Waals surface area contributed by atoms with E-state index in [0.29, 0.717) is 13.1 Å². The summed E-state index contributed by atoms with van der Waals surface area (Å²) in [5.41, 5.74) is 20.8. The minimum atomic E-state index is -0.933. The number of rotatable bonds is 12. The predicted octanol–water partition coefficient (Wildman–Crippen LogP) is 7.87. The summed E-state index contributed by atoms with van der Waals surface area (Å²) in [5, 5.41) is 20.3. The van der Waals surface area contributed by atoms with Crippen molar-refractivity contribution in [2.45, 2.75) is 52.6 Å². The molecule has 0 spiro atoms. The summed E-state index contributed by atoms with van der Waals surface area (Å²) in [6, 6.07) is 16.8. The van der Waals surface area contributed by atoms with E-state index in [0.717, 1.165) is 91.6 Å². The molecule has 2 aliphatic rings. The first-order chi connectivity index (χ1) is 30.3. The van der Waals surface area contributed by atoms with Gasteiger partial charge in [-0.3, -0.25) is 4.79 Å². The Morgan fingerprint density at radius 2 is 1.29 bits per heavy atom. The summed E-state index contributed by atoms with van der Waals surface area (Å²) < 4.78 is 9.16. The number of anilines is 4. The van der Waals surface area contributed by atoms with Crippen molar-refractivity contribution >= 4 is 89.1 Å². The second kappa shape index (κ2) is 21.9. The number of carboxylic acids is 1. The number of fused-ring (bicyclic) bond motifs is 2. The number of carbonyl (C=O) groups is 2. The Balaban J connectivity index is 0.000000188. The normalized spacial score (nSPS) is 14.7. The van der Waals surface area contributed by atoms with Crippen molar-refractivity contribution in [1.29, 1.82) is 0 Å². The maximum atomic E-state index is 12.0. The van der Waals surface area contributed by atoms with Crippen LogP contribution in [0.3, 0.4) is 0 Å². The molecular weight excluding hydrogens is 837 g/mol. The Hall–Kier alpha value is -5.98. The zero-order valence-corrected chi connectivity index (χ0v) is 38.2. The lowest BCUT2D eigenvalue weighted by atomic mass is 10.0. The highest BCUT2D eigenvalue weighted by Gasteiger charge is 2.21. The van der Waals surface area contributed by atoms with Crippen LogP contribution in [0, 0.1) is 13.8 Å². The molecule has 332 valence electrons. The summed E-state index contributed by atoms with van der Waals surface area (Å²) in [6.07, 6.45) is 9.51. The third-order valence-corrected chi connectivity index (χ3v) is 12.6. The van der Waals surface area contributed by atoms with E-state index in [4.69, 9.17) is 21.3 Å². The Labute approximate surface area is 375 Å². The van der Waals surface area contributed by atoms with Gasteiger partial charge in [-0.05, 0) is 117 Å². The SMILES string of the molecule is COCC(=O)N1CC=C(c2cc3c(N[C@H](C)c4cc(C)cc(N)c4)ncnc3s2)CC1.COCC(=O)O.Cc1cc(N)cc([C@@H](C)Nc2ncnc3sc(C4=CCNCC4)cc23)c1. The summed E-state index contributed by atoms with van der Waals surface area (Å²) >= 11 is 3.40. The van der Waals surface area contributed by atoms with Crippen molar-refractivity contribution in [1.82, 2.24) is 30.2 Å². The number of carboxylic acid groups (broad SMARTS) is 1. The maximum absolute atomic E-state index is 12.0. The molecule has 0 fully saturated rings. The molecule has 4 aromatic heterocycles. The minimum Gasteiger partial charge on any atom is -0.480 e. The number of nitrogens with one attached hydrogen (secondary N) is 3. The van der Waals surface area contributed by atoms with Gasteiger partial charge in [0.25, 0.3) is 0 Å². The lowest BCUT2D eigenvalue weighted by Gasteiger charge is -2.25. The van der Waals surface area contributed by atoms with E-state index in [-0.39, 0.29) is 31.2 Å². The van der Waals surface area contributed by atoms with Crippen LogP contribution < -0.4 is 27.4 Å². The largest absolute Gasteiger partial charge is 0.480 e. The molecule has 6 heterocycles. The van der Waals surface area contributed by atoms with Gasteiger partial charge < -0.3 is 46.9 Å². The van der Waals surface area contributed by atoms with Gasteiger partial charge in [-0.2, -0.15) is 0 Å². The Morgan fingerprint density at radius 1 is 0.762 bits per heavy atom. The third-order valence-electron chi connectivity index (χ3n) is 10.4. The van der Waals surface area contributed by atoms with Crippen molar-refractivity contribution in [2.75, 3.05) is 75.7 Å². The zero-order chi connectivity index (χ0) is 45.0. The molecule has 0 aliphatic carbocycles. The molecule has 0 saturated heterocycles. The van der Waals surface area contributed by atoms with Crippen molar-refractivity contribution < 1.29 is 24.2 Å². The molecule has 2 aliphatic heterocycles. The quantitative estimate of drug-likeness (QED) is 0.0645. The Kier molecular flexibility index (Phi) is 16.2. The van der Waals surface area contributed by atoms with Gasteiger partial charge in [0, 0.05) is 55.0 Å². The summed E-state index contributed by atoms with van der Waals surface area (Å²) in [4.78, 5) is 45.7. The van der Waals surface area contributed by atoms with Crippen LogP contribution in [0.1, 0.15) is 70.8 Å². The van der Waals surface area contributed by atoms with Gasteiger partial charge in [-0.25, -0.2) is 24.7 Å². The number of hydrogen-bond donors (Lipinski definition) is 6. The standard InChI is InChI=1S/C23H27N5O2S.C20H23N5S.C3H6O3/c1-14-8-17(10-18(24)9-14)15(2)27-22-19-11-20(31-23(19)26-13-25-22)16-4-6-28(7-5-16)21(29)12-30-3;1-12-7-15(9-16(21)8-12)13(2)25-19-17-10-18(14-3-5-22-6-4-14)26-20(17)24-11-23-19;1-6-2-3(4)5/h4,8-11,13,15H,5-7,12,24H2,1-3H3,(H,25,26,27);3,7-11,13,22H,4-6,21H2,1-2H3,(H,23,24,25);2H2,1H3,(H,4,5)/t15-;13-;/m11./s1. The minimum absolute atomic E-state index is 0.0252. The van der Waals surface area contributed by atoms with Crippen molar-refractivity contribution in [3.63, 3.8) is 0 Å². The van der Waals surface area contributed by atoms with Gasteiger partial charge >= 0.3 is 5.97 Å². The zero-order valence-electron chi connectivity index (χ0n) is 36.5. The lowest BCUT2D eigenvalue weighted by Crippen LogP contribution is -2.36. The molecule has 8 rings (SSSR count). The van der Waals surface area contributed by atoms with Gasteiger partial charge in [0.2, 0.25) is 5.91 Å². The number of aliphatic carboxylic acids is 1. The van der Waals surface area contributed by atoms with Gasteiger partial charge in [0.1, 0.15) is 47.2 Å². The molecule has 1 amide bonds. The molecule has 0 bridgehead atoms. The number of aryl methyl sites for hydroxylation is 2. The molecule has 0 unspecified atom stereocenters. The monoisotopic (exact) mass is 892 g/mol. The number of nitrogens with two attached hydrogens (primary N) is 2. The maximum Gasteiger partial charge on any atom is 0.329 e. The summed E-state index contributed by atoms with van der Waals surface area (Å²) in [7, 11) is 2.88. The highest BCUT2D eigenvalue weighted by atomic mass is 32.1. The average Bonchev–Trinajstić information content (AvgIpc) is 3.91. The molecule has 15 nitrogen and oxygen atoms in total. The van der Waals surface area contributed by atoms with Crippen LogP contribution in [-0.2, 0) is 19.1 Å². The molecule has 17 heteroatoms. The van der Waals surface area contributed by atoms with E-state index >= 15 is 0 Å². The second-order valence-electron chi connectivity index (χ2n) is 15.5. The molecule has 2 atom stereocenters. The van der Waals surface area contributed by atoms with E-state index in [1.165, 1.54) is 28.0 Å². The Morgan fingerprint density at radius 3 is 1.70 bits per heavy atom. The van der Waals surface area contributed by atoms with Gasteiger partial charge in [-0.1, -0.05) is 24.3 Å². The number of benzene rings is 2. The topological polar surface area (TPSA) is 216 Å². The van der Waals surface area contributed by atoms with E-state index < -0.39 is 5.97 Å². The number of thiophene rings is 2. The van der Waals surface area contributed by atoms with Gasteiger partial charge in [0.15, 0.2) is 0 Å². The fourth-order valence-corrected chi connectivity index (χ4v) is 9.46. The van der Waals surface area contributed by atoms with Crippen LogP contribution in [0.5, 0.6) is 0 Å². The smallest absolute Gasteiger partial charge is 0.329 e. The molecular formula is C46H56N10O5S2. The number of ether oxygens (including phenoxy) is 2. The third kappa shape index (κ3) is 12.6. The van der Waals surface area contributed by atoms with Gasteiger partial charge in [-0.15, -0.1) is 22.7 Å². The number of carbonyl (C=O) groups excluding carboxylic acids is 1. The number of nitrogens with zero attached hydrogens (tertiary/aromatic N) is 5. The molecule has 0 radical (unpaired) electrons. The van der Waals surface area contributed by atoms with Crippen LogP contribution >= 0.6 is 22.7 Å². The van der Waals surface area contributed by atoms with Crippen LogP contribution in [0.25, 0.3) is 31.6 Å².